The molecule has 0 bridgehead atoms. The maximum atomic E-state index is 12.0. The molecule has 2 heterocycles. The predicted octanol–water partition coefficient (Wildman–Crippen LogP) is -2.64. The molecule has 0 radical (unpaired) electrons. The van der Waals surface area contributed by atoms with Gasteiger partial charge in [0.1, 0.15) is 0 Å². The van der Waals surface area contributed by atoms with E-state index in [0.717, 1.165) is 39.0 Å². The highest BCUT2D eigenvalue weighted by Crippen LogP contribution is 2.18. The maximum Gasteiger partial charge on any atom is 0.341 e. The van der Waals surface area contributed by atoms with Crippen molar-refractivity contribution < 1.29 is 14.3 Å². The molecule has 0 saturated carbocycles. The molecule has 0 aliphatic carbocycles. The zero-order valence-corrected chi connectivity index (χ0v) is 11.0. The van der Waals surface area contributed by atoms with Gasteiger partial charge < -0.3 is 10.6 Å². The van der Waals surface area contributed by atoms with Crippen molar-refractivity contribution in [1.82, 2.24) is 0 Å². The molecule has 0 aromatic rings. The van der Waals surface area contributed by atoms with Crippen LogP contribution in [0.2, 0.25) is 0 Å². The largest absolute Gasteiger partial charge is 0.364 e. The first-order valence-corrected chi connectivity index (χ1v) is 6.84. The molecule has 2 saturated heterocycles. The van der Waals surface area contributed by atoms with E-state index in [1.807, 2.05) is 4.58 Å². The van der Waals surface area contributed by atoms with Crippen LogP contribution in [0.15, 0.2) is 0 Å². The highest BCUT2D eigenvalue weighted by molar-refractivity contribution is 5.83. The Bertz CT molecular complexity index is 345. The summed E-state index contributed by atoms with van der Waals surface area (Å²) in [6.07, 6.45) is 5.18. The number of nitrogens with one attached hydrogen (secondary N) is 1. The Kier molecular flexibility index (Phi) is 3.75. The van der Waals surface area contributed by atoms with Crippen LogP contribution in [-0.4, -0.2) is 48.2 Å². The van der Waals surface area contributed by atoms with Crippen LogP contribution < -0.4 is 22.1 Å². The standard InChI is InChI=1S/C12H23N5O/c13-10(18)12(17-6-2-1-3-7-17)4-8-16(9-5-12)11(14)15/h1-9H2,(H5,13,14,15,18)/p+2. The second-order valence-corrected chi connectivity index (χ2v) is 5.52. The van der Waals surface area contributed by atoms with Crippen molar-refractivity contribution in [2.45, 2.75) is 37.6 Å². The molecule has 0 spiro atoms. The third kappa shape index (κ3) is 2.29. The van der Waals surface area contributed by atoms with E-state index in [1.165, 1.54) is 24.2 Å². The van der Waals surface area contributed by atoms with Gasteiger partial charge in [0.15, 0.2) is 5.54 Å². The summed E-state index contributed by atoms with van der Waals surface area (Å²) < 4.78 is 1.94. The van der Waals surface area contributed by atoms with Gasteiger partial charge in [0.2, 0.25) is 0 Å². The van der Waals surface area contributed by atoms with Crippen molar-refractivity contribution in [3.63, 3.8) is 0 Å². The summed E-state index contributed by atoms with van der Waals surface area (Å²) >= 11 is 0. The van der Waals surface area contributed by atoms with Crippen LogP contribution in [0.25, 0.3) is 0 Å². The molecular weight excluding hydrogens is 230 g/mol. The minimum absolute atomic E-state index is 0.158. The molecular formula is C12H25N5O+2. The van der Waals surface area contributed by atoms with E-state index in [2.05, 4.69) is 0 Å². The van der Waals surface area contributed by atoms with Crippen molar-refractivity contribution in [3.8, 4) is 0 Å². The number of guanidine groups is 1. The summed E-state index contributed by atoms with van der Waals surface area (Å²) in [5.41, 5.74) is 16.5. The van der Waals surface area contributed by atoms with Gasteiger partial charge in [0, 0.05) is 12.8 Å². The van der Waals surface area contributed by atoms with Crippen molar-refractivity contribution in [2.75, 3.05) is 26.2 Å². The lowest BCUT2D eigenvalue weighted by atomic mass is 9.84. The van der Waals surface area contributed by atoms with Crippen LogP contribution in [0.4, 0.5) is 0 Å². The quantitative estimate of drug-likeness (QED) is 0.320. The fourth-order valence-corrected chi connectivity index (χ4v) is 3.38. The lowest BCUT2D eigenvalue weighted by Gasteiger charge is -2.42. The van der Waals surface area contributed by atoms with Crippen LogP contribution in [0.3, 0.4) is 0 Å². The number of carbonyl (C=O) groups is 1. The number of likely N-dealkylation sites (tertiary alicyclic amines) is 1. The number of carbonyl (C=O) groups excluding carboxylic acids is 1. The van der Waals surface area contributed by atoms with Gasteiger partial charge in [-0.15, -0.1) is 0 Å². The molecule has 7 N–H and O–H groups in total. The zero-order valence-electron chi connectivity index (χ0n) is 11.0. The molecule has 102 valence electrons. The van der Waals surface area contributed by atoms with Gasteiger partial charge >= 0.3 is 5.96 Å². The van der Waals surface area contributed by atoms with Gasteiger partial charge in [0.25, 0.3) is 5.91 Å². The number of amides is 1. The van der Waals surface area contributed by atoms with Gasteiger partial charge in [0.05, 0.1) is 26.2 Å². The van der Waals surface area contributed by atoms with E-state index in [9.17, 15) is 4.79 Å². The summed E-state index contributed by atoms with van der Waals surface area (Å²) in [5.74, 6) is 0.191. The Morgan fingerprint density at radius 1 is 1.00 bits per heavy atom. The molecule has 6 nitrogen and oxygen atoms in total. The zero-order chi connectivity index (χ0) is 13.2. The van der Waals surface area contributed by atoms with Crippen molar-refractivity contribution in [1.29, 1.82) is 0 Å². The van der Waals surface area contributed by atoms with E-state index in [-0.39, 0.29) is 5.91 Å². The number of quaternary nitrogens is 1. The van der Waals surface area contributed by atoms with Crippen LogP contribution in [-0.2, 0) is 4.79 Å². The fraction of sp³-hybridized carbons (Fsp3) is 0.833. The molecule has 2 aliphatic heterocycles. The molecule has 2 aliphatic rings. The molecule has 0 aromatic heterocycles. The average molecular weight is 255 g/mol. The number of hydrogen-bond donors (Lipinski definition) is 4. The lowest BCUT2D eigenvalue weighted by Crippen LogP contribution is -3.22. The van der Waals surface area contributed by atoms with Crippen LogP contribution in [0, 0.1) is 0 Å². The van der Waals surface area contributed by atoms with Crippen molar-refractivity contribution in [3.05, 3.63) is 0 Å². The van der Waals surface area contributed by atoms with Gasteiger partial charge in [-0.25, -0.2) is 0 Å². The van der Waals surface area contributed by atoms with E-state index in [0.29, 0.717) is 5.96 Å². The van der Waals surface area contributed by atoms with Gasteiger partial charge in [-0.1, -0.05) is 0 Å². The van der Waals surface area contributed by atoms with Gasteiger partial charge in [-0.3, -0.25) is 20.8 Å². The maximum absolute atomic E-state index is 12.0. The number of hydrogen-bond acceptors (Lipinski definition) is 1. The number of nitrogens with two attached hydrogens (primary N) is 3. The molecule has 18 heavy (non-hydrogen) atoms. The number of nitrogens with zero attached hydrogens (tertiary/aromatic N) is 1. The number of primary amides is 1. The monoisotopic (exact) mass is 255 g/mol. The van der Waals surface area contributed by atoms with E-state index in [1.54, 1.807) is 0 Å². The minimum atomic E-state index is -0.396. The van der Waals surface area contributed by atoms with E-state index >= 15 is 0 Å². The highest BCUT2D eigenvalue weighted by atomic mass is 16.1. The van der Waals surface area contributed by atoms with Crippen molar-refractivity contribution >= 4 is 11.9 Å². The second-order valence-electron chi connectivity index (χ2n) is 5.52. The second kappa shape index (κ2) is 5.14. The molecule has 0 atom stereocenters. The Labute approximate surface area is 108 Å². The van der Waals surface area contributed by atoms with E-state index < -0.39 is 5.54 Å². The highest BCUT2D eigenvalue weighted by Gasteiger charge is 2.49. The number of rotatable bonds is 2. The summed E-state index contributed by atoms with van der Waals surface area (Å²) in [6, 6.07) is 0. The Hall–Kier alpha value is -1.30. The molecule has 2 fully saturated rings. The summed E-state index contributed by atoms with van der Waals surface area (Å²) in [7, 11) is 0. The topological polar surface area (TPSA) is 103 Å². The molecule has 6 heteroatoms. The normalized spacial score (nSPS) is 30.1. The van der Waals surface area contributed by atoms with Gasteiger partial charge in [-0.2, -0.15) is 0 Å². The smallest absolute Gasteiger partial charge is 0.341 e. The first-order chi connectivity index (χ1) is 8.56. The Balaban J connectivity index is 2.14. The molecule has 0 unspecified atom stereocenters. The molecule has 1 amide bonds. The minimum Gasteiger partial charge on any atom is -0.364 e. The fourth-order valence-electron chi connectivity index (χ4n) is 3.38. The van der Waals surface area contributed by atoms with Crippen LogP contribution in [0.5, 0.6) is 0 Å². The summed E-state index contributed by atoms with van der Waals surface area (Å²) in [5, 5.41) is 0. The summed E-state index contributed by atoms with van der Waals surface area (Å²) in [6.45, 7) is 3.58. The van der Waals surface area contributed by atoms with Crippen LogP contribution in [0.1, 0.15) is 32.1 Å². The first-order valence-electron chi connectivity index (χ1n) is 6.84. The predicted molar refractivity (Wildman–Crippen MR) is 69.1 cm³/mol. The van der Waals surface area contributed by atoms with E-state index in [4.69, 9.17) is 17.2 Å². The Morgan fingerprint density at radius 3 is 2.00 bits per heavy atom. The van der Waals surface area contributed by atoms with Crippen LogP contribution >= 0.6 is 0 Å². The lowest BCUT2D eigenvalue weighted by molar-refractivity contribution is -0.951. The first kappa shape index (κ1) is 13.1. The number of piperidine rings is 2. The van der Waals surface area contributed by atoms with Crippen molar-refractivity contribution in [2.24, 2.45) is 17.2 Å². The SMILES string of the molecule is NC(=O)C1([NH+]2CCCCC2)CC[N+](=C(N)N)CC1. The Morgan fingerprint density at radius 2 is 1.56 bits per heavy atom. The average Bonchev–Trinajstić information content (AvgIpc) is 2.39. The third-order valence-corrected chi connectivity index (χ3v) is 4.59. The third-order valence-electron chi connectivity index (χ3n) is 4.59. The molecule has 0 aromatic carbocycles. The molecule has 2 rings (SSSR count). The summed E-state index contributed by atoms with van der Waals surface area (Å²) in [4.78, 5) is 13.3. The van der Waals surface area contributed by atoms with Gasteiger partial charge in [-0.05, 0) is 19.3 Å².